The monoisotopic (exact) mass is 1010 g/mol. The average molecular weight is 1010 g/mol. The minimum absolute atomic E-state index is 0.159. The van der Waals surface area contributed by atoms with Crippen molar-refractivity contribution in [2.24, 2.45) is 0 Å². The number of hydrogen-bond donors (Lipinski definition) is 0. The third-order valence-corrected chi connectivity index (χ3v) is 14.1. The van der Waals surface area contributed by atoms with Crippen molar-refractivity contribution in [2.45, 2.75) is 58.3 Å². The lowest BCUT2D eigenvalue weighted by molar-refractivity contribution is -0.111. The van der Waals surface area contributed by atoms with Crippen LogP contribution in [-0.4, -0.2) is 11.6 Å². The summed E-state index contributed by atoms with van der Waals surface area (Å²) in [4.78, 5) is 30.1. The summed E-state index contributed by atoms with van der Waals surface area (Å²) in [5, 5.41) is 0. The third kappa shape index (κ3) is 12.5. The van der Waals surface area contributed by atoms with Crippen LogP contribution in [0.5, 0.6) is 11.5 Å². The van der Waals surface area contributed by atoms with Gasteiger partial charge in [-0.25, -0.2) is 0 Å². The van der Waals surface area contributed by atoms with Gasteiger partial charge in [-0.1, -0.05) is 206 Å². The van der Waals surface area contributed by atoms with Gasteiger partial charge in [0.05, 0.1) is 0 Å². The molecule has 0 heterocycles. The number of ether oxygens (including phenoxy) is 1. The first-order valence-corrected chi connectivity index (χ1v) is 26.8. The number of aryl methyl sites for hydroxylation is 1. The highest BCUT2D eigenvalue weighted by Crippen LogP contribution is 2.40. The predicted octanol–water partition coefficient (Wildman–Crippen LogP) is 17.5. The van der Waals surface area contributed by atoms with Crippen molar-refractivity contribution in [3.8, 4) is 35.2 Å². The highest BCUT2D eigenvalue weighted by molar-refractivity contribution is 6.46. The molecule has 0 radical (unpaired) electrons. The highest BCUT2D eigenvalue weighted by Gasteiger charge is 2.27. The zero-order valence-corrected chi connectivity index (χ0v) is 44.0. The van der Waals surface area contributed by atoms with Gasteiger partial charge < -0.3 is 4.74 Å². The van der Waals surface area contributed by atoms with Crippen LogP contribution in [0.25, 0.3) is 22.3 Å². The lowest BCUT2D eigenvalue weighted by Crippen LogP contribution is -2.13. The van der Waals surface area contributed by atoms with Crippen molar-refractivity contribution >= 4 is 33.9 Å². The Balaban J connectivity index is 1.07. The predicted molar refractivity (Wildman–Crippen MR) is 321 cm³/mol. The average Bonchev–Trinajstić information content (AvgIpc) is 3.57. The first-order valence-electron chi connectivity index (χ1n) is 26.8. The number of benzene rings is 6. The fourth-order valence-corrected chi connectivity index (χ4v) is 9.94. The van der Waals surface area contributed by atoms with Crippen LogP contribution in [0.4, 0.5) is 0 Å². The van der Waals surface area contributed by atoms with Crippen LogP contribution in [0, 0.1) is 30.6 Å². The van der Waals surface area contributed by atoms with Crippen molar-refractivity contribution in [3.05, 3.63) is 321 Å². The van der Waals surface area contributed by atoms with Crippen LogP contribution in [-0.2, 0) is 9.59 Å². The number of hydrogen-bond acceptors (Lipinski definition) is 3. The van der Waals surface area contributed by atoms with Gasteiger partial charge in [-0.3, -0.25) is 9.59 Å². The zero-order chi connectivity index (χ0) is 53.6. The molecule has 0 N–H and O–H groups in total. The van der Waals surface area contributed by atoms with E-state index in [-0.39, 0.29) is 11.6 Å². The van der Waals surface area contributed by atoms with Gasteiger partial charge in [-0.2, -0.15) is 0 Å². The van der Waals surface area contributed by atoms with Gasteiger partial charge >= 0.3 is 0 Å². The summed E-state index contributed by atoms with van der Waals surface area (Å²) >= 11 is 0. The molecule has 0 saturated carbocycles. The maximum atomic E-state index is 15.3. The van der Waals surface area contributed by atoms with Crippen LogP contribution in [0.15, 0.2) is 270 Å². The second kappa shape index (κ2) is 24.7. The quantitative estimate of drug-likeness (QED) is 0.0473. The number of ketones is 2. The molecule has 0 spiro atoms. The van der Waals surface area contributed by atoms with Crippen molar-refractivity contribution in [2.75, 3.05) is 0 Å². The minimum Gasteiger partial charge on any atom is -0.457 e. The van der Waals surface area contributed by atoms with Gasteiger partial charge in [0, 0.05) is 50.1 Å². The van der Waals surface area contributed by atoms with Gasteiger partial charge in [0.25, 0.3) is 0 Å². The molecule has 10 rings (SSSR count). The Kier molecular flexibility index (Phi) is 16.4. The summed E-state index contributed by atoms with van der Waals surface area (Å²) in [6.07, 6.45) is 28.3. The molecule has 0 saturated heterocycles. The Hall–Kier alpha value is -9.72. The Morgan fingerprint density at radius 1 is 0.500 bits per heavy atom. The maximum Gasteiger partial charge on any atom is 0.194 e. The first-order chi connectivity index (χ1) is 38.3. The molecule has 6 aromatic rings. The standard InChI is InChI=1S/C75H58O3/c1-53-34-40-64(41-35-53)70(72(62-30-18-8-19-31-62)74(76)54(2)60-26-14-6-15-27-60)65-42-46-68(47-43-65)78-69-48-44-66(45-49-69)71(73(63-32-20-9-21-33-63)75(77)55(3)61-28-16-7-17-29-61)67-51-58(38-36-56-22-10-4-11-23-56)50-59(52-67)39-37-57-24-12-5-13-25-57/h7,9-10,14,16-18,20-24,26-35,40-52H,2-5,8,11-13,19,25H2,1H3/b72-70-,73-71+. The summed E-state index contributed by atoms with van der Waals surface area (Å²) in [5.41, 5.74) is 20.6. The molecular formula is C75H58O3. The molecule has 0 aliphatic heterocycles. The number of rotatable bonds is 14. The molecular weight excluding hydrogens is 949 g/mol. The van der Waals surface area contributed by atoms with E-state index in [2.05, 4.69) is 134 Å². The molecule has 0 aromatic heterocycles. The van der Waals surface area contributed by atoms with Crippen LogP contribution >= 0.6 is 0 Å². The number of carbonyl (C=O) groups excluding carboxylic acids is 2. The molecule has 0 atom stereocenters. The van der Waals surface area contributed by atoms with Crippen LogP contribution in [0.2, 0.25) is 0 Å². The van der Waals surface area contributed by atoms with Gasteiger partial charge in [0.1, 0.15) is 11.5 Å². The van der Waals surface area contributed by atoms with E-state index < -0.39 is 0 Å². The molecule has 6 aromatic carbocycles. The molecule has 376 valence electrons. The molecule has 4 aliphatic rings. The highest BCUT2D eigenvalue weighted by atomic mass is 16.5. The topological polar surface area (TPSA) is 43.4 Å². The Morgan fingerprint density at radius 3 is 1.67 bits per heavy atom. The SMILES string of the molecule is C=C(C(=O)/C(C1=CCCC=C1)=C(/c1ccc(C)cc1)c1ccc(Oc2ccc(/C(=C(\C(=O)C(=C)c3ccccc3)c3ccccc3)c3cc(C#CC4=CCCC=C4)cc(C#CC4=CCCCC4)c3)cc2)cc1)C1=CC=C=C=C1. The van der Waals surface area contributed by atoms with E-state index in [0.29, 0.717) is 39.4 Å². The fraction of sp³-hybridized carbons (Fsp3) is 0.120. The first kappa shape index (κ1) is 51.8. The fourth-order valence-electron chi connectivity index (χ4n) is 9.94. The van der Waals surface area contributed by atoms with Crippen molar-refractivity contribution < 1.29 is 14.3 Å². The second-order valence-corrected chi connectivity index (χ2v) is 19.6. The molecule has 0 amide bonds. The third-order valence-electron chi connectivity index (χ3n) is 14.1. The molecule has 3 heteroatoms. The van der Waals surface area contributed by atoms with E-state index >= 15 is 4.79 Å². The summed E-state index contributed by atoms with van der Waals surface area (Å²) in [7, 11) is 0. The second-order valence-electron chi connectivity index (χ2n) is 19.6. The molecule has 3 nitrogen and oxygen atoms in total. The normalized spacial score (nSPS) is 14.9. The molecule has 0 fully saturated rings. The number of carbonyl (C=O) groups is 2. The maximum absolute atomic E-state index is 15.3. The molecule has 4 aliphatic carbocycles. The Morgan fingerprint density at radius 2 is 1.09 bits per heavy atom. The van der Waals surface area contributed by atoms with E-state index in [0.717, 1.165) is 123 Å². The summed E-state index contributed by atoms with van der Waals surface area (Å²) in [5.74, 6) is 14.7. The Bertz CT molecular complexity index is 3850. The van der Waals surface area contributed by atoms with E-state index in [1.165, 1.54) is 6.42 Å². The molecule has 0 unspecified atom stereocenters. The van der Waals surface area contributed by atoms with Crippen LogP contribution < -0.4 is 4.74 Å². The zero-order valence-electron chi connectivity index (χ0n) is 44.0. The Labute approximate surface area is 459 Å². The summed E-state index contributed by atoms with van der Waals surface area (Å²) < 4.78 is 6.63. The van der Waals surface area contributed by atoms with Crippen LogP contribution in [0.3, 0.4) is 0 Å². The molecule has 0 bridgehead atoms. The van der Waals surface area contributed by atoms with Crippen molar-refractivity contribution in [1.29, 1.82) is 0 Å². The lowest BCUT2D eigenvalue weighted by Gasteiger charge is -2.20. The van der Waals surface area contributed by atoms with E-state index in [1.807, 2.05) is 121 Å². The minimum atomic E-state index is -0.196. The number of allylic oxidation sites excluding steroid dienone is 18. The summed E-state index contributed by atoms with van der Waals surface area (Å²) in [6, 6.07) is 49.7. The van der Waals surface area contributed by atoms with E-state index in [9.17, 15) is 4.79 Å². The molecule has 78 heavy (non-hydrogen) atoms. The van der Waals surface area contributed by atoms with Crippen molar-refractivity contribution in [1.82, 2.24) is 0 Å². The number of Topliss-reactive ketones (excluding diaryl/α,β-unsaturated/α-hetero) is 2. The summed E-state index contributed by atoms with van der Waals surface area (Å²) in [6.45, 7) is 10.8. The van der Waals surface area contributed by atoms with E-state index in [4.69, 9.17) is 4.74 Å². The lowest BCUT2D eigenvalue weighted by atomic mass is 9.82. The van der Waals surface area contributed by atoms with Gasteiger partial charge in [-0.05, 0) is 169 Å². The van der Waals surface area contributed by atoms with E-state index in [1.54, 1.807) is 12.2 Å². The van der Waals surface area contributed by atoms with Crippen LogP contribution in [0.1, 0.15) is 101 Å². The largest absolute Gasteiger partial charge is 0.457 e. The van der Waals surface area contributed by atoms with Gasteiger partial charge in [-0.15, -0.1) is 0 Å². The van der Waals surface area contributed by atoms with Gasteiger partial charge in [0.2, 0.25) is 0 Å². The smallest absolute Gasteiger partial charge is 0.194 e. The van der Waals surface area contributed by atoms with Crippen molar-refractivity contribution in [3.63, 3.8) is 0 Å². The van der Waals surface area contributed by atoms with Gasteiger partial charge in [0.15, 0.2) is 11.6 Å².